The van der Waals surface area contributed by atoms with Crippen molar-refractivity contribution in [3.63, 3.8) is 0 Å². The number of amides is 1. The smallest absolute Gasteiger partial charge is 0.275 e. The summed E-state index contributed by atoms with van der Waals surface area (Å²) in [7, 11) is 4.75. The molecule has 1 aromatic carbocycles. The molecular weight excluding hydrogens is 390 g/mol. The van der Waals surface area contributed by atoms with Gasteiger partial charge in [-0.15, -0.1) is 11.3 Å². The minimum Gasteiger partial charge on any atom is -0.493 e. The van der Waals surface area contributed by atoms with Gasteiger partial charge in [0.2, 0.25) is 5.75 Å². The Hall–Kier alpha value is -2.29. The van der Waals surface area contributed by atoms with E-state index < -0.39 is 0 Å². The van der Waals surface area contributed by atoms with Crippen LogP contribution in [0.1, 0.15) is 10.4 Å². The van der Waals surface area contributed by atoms with Gasteiger partial charge >= 0.3 is 0 Å². The quantitative estimate of drug-likeness (QED) is 0.505. The van der Waals surface area contributed by atoms with Gasteiger partial charge in [-0.1, -0.05) is 6.07 Å². The van der Waals surface area contributed by atoms with Gasteiger partial charge in [0.1, 0.15) is 32.7 Å². The predicted octanol–water partition coefficient (Wildman–Crippen LogP) is -0.626. The van der Waals surface area contributed by atoms with Gasteiger partial charge in [-0.3, -0.25) is 4.79 Å². The van der Waals surface area contributed by atoms with Gasteiger partial charge in [-0.2, -0.15) is 0 Å². The van der Waals surface area contributed by atoms with E-state index in [9.17, 15) is 4.79 Å². The first-order valence-corrected chi connectivity index (χ1v) is 10.8. The van der Waals surface area contributed by atoms with Crippen LogP contribution in [0, 0.1) is 0 Å². The Balaban J connectivity index is 1.45. The number of hydrogen-bond acceptors (Lipinski definition) is 5. The predicted molar refractivity (Wildman–Crippen MR) is 112 cm³/mol. The Kier molecular flexibility index (Phi) is 7.74. The van der Waals surface area contributed by atoms with E-state index in [0.717, 1.165) is 38.3 Å². The van der Waals surface area contributed by atoms with Gasteiger partial charge < -0.3 is 29.3 Å². The molecule has 3 N–H and O–H groups in total. The van der Waals surface area contributed by atoms with Gasteiger partial charge in [0.05, 0.1) is 26.2 Å². The lowest BCUT2D eigenvalue weighted by Crippen LogP contribution is -3.28. The fourth-order valence-electron chi connectivity index (χ4n) is 3.70. The van der Waals surface area contributed by atoms with Crippen molar-refractivity contribution in [1.29, 1.82) is 0 Å². The van der Waals surface area contributed by atoms with Gasteiger partial charge in [-0.05, 0) is 29.1 Å². The van der Waals surface area contributed by atoms with Gasteiger partial charge in [0.25, 0.3) is 5.91 Å². The number of thiophene rings is 1. The van der Waals surface area contributed by atoms with E-state index in [4.69, 9.17) is 14.2 Å². The molecule has 1 saturated heterocycles. The van der Waals surface area contributed by atoms with Crippen molar-refractivity contribution in [3.8, 4) is 17.2 Å². The summed E-state index contributed by atoms with van der Waals surface area (Å²) in [5.74, 6) is 1.80. The Morgan fingerprint density at radius 1 is 1.03 bits per heavy atom. The molecular formula is C21H31N3O4S+2. The number of carbonyl (C=O) groups excluding carboxylic acids is 1. The molecule has 1 amide bonds. The summed E-state index contributed by atoms with van der Waals surface area (Å²) in [6.45, 7) is 6.30. The highest BCUT2D eigenvalue weighted by Crippen LogP contribution is 2.38. The summed E-state index contributed by atoms with van der Waals surface area (Å²) in [6, 6.07) is 8.04. The fourth-order valence-corrected chi connectivity index (χ4v) is 4.47. The second-order valence-corrected chi connectivity index (χ2v) is 8.28. The van der Waals surface area contributed by atoms with Crippen molar-refractivity contribution in [3.05, 3.63) is 40.1 Å². The molecule has 29 heavy (non-hydrogen) atoms. The SMILES string of the molecule is COc1cc(CNC(=O)C[NH+]2CC[NH+](Cc3cccs3)CC2)cc(OC)c1OC. The number of quaternary nitrogens is 2. The van der Waals surface area contributed by atoms with Gasteiger partial charge in [0.15, 0.2) is 18.0 Å². The Morgan fingerprint density at radius 2 is 1.69 bits per heavy atom. The molecule has 8 heteroatoms. The van der Waals surface area contributed by atoms with Gasteiger partial charge in [0, 0.05) is 6.54 Å². The molecule has 0 spiro atoms. The lowest BCUT2D eigenvalue weighted by Gasteiger charge is -2.29. The van der Waals surface area contributed by atoms with Crippen molar-refractivity contribution in [1.82, 2.24) is 5.32 Å². The van der Waals surface area contributed by atoms with Crippen LogP contribution in [0.3, 0.4) is 0 Å². The molecule has 2 heterocycles. The van der Waals surface area contributed by atoms with Crippen LogP contribution in [-0.2, 0) is 17.9 Å². The number of rotatable bonds is 9. The second kappa shape index (κ2) is 10.5. The molecule has 0 saturated carbocycles. The van der Waals surface area contributed by atoms with Crippen LogP contribution in [0.15, 0.2) is 29.6 Å². The van der Waals surface area contributed by atoms with E-state index in [1.54, 1.807) is 26.2 Å². The third-order valence-corrected chi connectivity index (χ3v) is 6.17. The minimum atomic E-state index is 0.0652. The number of piperazine rings is 1. The van der Waals surface area contributed by atoms with Crippen LogP contribution in [0.25, 0.3) is 0 Å². The van der Waals surface area contributed by atoms with Crippen molar-refractivity contribution >= 4 is 17.2 Å². The number of ether oxygens (including phenoxy) is 3. The highest BCUT2D eigenvalue weighted by Gasteiger charge is 2.25. The molecule has 3 rings (SSSR count). The summed E-state index contributed by atoms with van der Waals surface area (Å²) in [5, 5.41) is 5.15. The molecule has 7 nitrogen and oxygen atoms in total. The van der Waals surface area contributed by atoms with Crippen LogP contribution in [0.5, 0.6) is 17.2 Å². The van der Waals surface area contributed by atoms with Crippen molar-refractivity contribution in [2.75, 3.05) is 54.1 Å². The summed E-state index contributed by atoms with van der Waals surface area (Å²) < 4.78 is 16.1. The summed E-state index contributed by atoms with van der Waals surface area (Å²) in [5.41, 5.74) is 0.910. The molecule has 1 aliphatic heterocycles. The number of methoxy groups -OCH3 is 3. The maximum absolute atomic E-state index is 12.4. The Bertz CT molecular complexity index is 764. The van der Waals surface area contributed by atoms with E-state index in [-0.39, 0.29) is 5.91 Å². The zero-order chi connectivity index (χ0) is 20.6. The van der Waals surface area contributed by atoms with E-state index in [1.807, 2.05) is 23.5 Å². The minimum absolute atomic E-state index is 0.0652. The first-order chi connectivity index (χ1) is 14.1. The molecule has 1 aromatic heterocycles. The first-order valence-electron chi connectivity index (χ1n) is 9.88. The van der Waals surface area contributed by atoms with Crippen molar-refractivity contribution in [2.45, 2.75) is 13.1 Å². The van der Waals surface area contributed by atoms with Crippen LogP contribution >= 0.6 is 11.3 Å². The average molecular weight is 422 g/mol. The summed E-state index contributed by atoms with van der Waals surface area (Å²) >= 11 is 1.82. The van der Waals surface area contributed by atoms with Crippen LogP contribution in [-0.4, -0.2) is 60.0 Å². The zero-order valence-electron chi connectivity index (χ0n) is 17.4. The third-order valence-electron chi connectivity index (χ3n) is 5.29. The van der Waals surface area contributed by atoms with E-state index >= 15 is 0 Å². The molecule has 1 aliphatic rings. The second-order valence-electron chi connectivity index (χ2n) is 7.24. The number of carbonyl (C=O) groups is 1. The van der Waals surface area contributed by atoms with Crippen molar-refractivity contribution in [2.24, 2.45) is 0 Å². The molecule has 158 valence electrons. The molecule has 1 fully saturated rings. The molecule has 0 unspecified atom stereocenters. The number of benzene rings is 1. The summed E-state index contributed by atoms with van der Waals surface area (Å²) in [4.78, 5) is 16.8. The third kappa shape index (κ3) is 5.85. The van der Waals surface area contributed by atoms with E-state index in [0.29, 0.717) is 30.3 Å². The topological polar surface area (TPSA) is 65.7 Å². The largest absolute Gasteiger partial charge is 0.493 e. The molecule has 0 radical (unpaired) electrons. The maximum atomic E-state index is 12.4. The van der Waals surface area contributed by atoms with E-state index in [1.165, 1.54) is 9.78 Å². The maximum Gasteiger partial charge on any atom is 0.275 e. The van der Waals surface area contributed by atoms with Crippen molar-refractivity contribution < 1.29 is 28.8 Å². The average Bonchev–Trinajstić information content (AvgIpc) is 3.25. The monoisotopic (exact) mass is 421 g/mol. The van der Waals surface area contributed by atoms with E-state index in [2.05, 4.69) is 22.8 Å². The molecule has 2 aromatic rings. The van der Waals surface area contributed by atoms with Gasteiger partial charge in [-0.25, -0.2) is 0 Å². The lowest BCUT2D eigenvalue weighted by molar-refractivity contribution is -1.01. The lowest BCUT2D eigenvalue weighted by atomic mass is 10.1. The number of hydrogen-bond donors (Lipinski definition) is 3. The molecule has 0 aliphatic carbocycles. The fraction of sp³-hybridized carbons (Fsp3) is 0.476. The van der Waals surface area contributed by atoms with Crippen LogP contribution < -0.4 is 29.3 Å². The molecule has 0 bridgehead atoms. The van der Waals surface area contributed by atoms with Crippen LogP contribution in [0.4, 0.5) is 0 Å². The first kappa shape index (κ1) is 21.4. The zero-order valence-corrected chi connectivity index (χ0v) is 18.2. The Labute approximate surface area is 176 Å². The highest BCUT2D eigenvalue weighted by molar-refractivity contribution is 7.09. The Morgan fingerprint density at radius 3 is 2.24 bits per heavy atom. The number of nitrogens with one attached hydrogen (secondary N) is 3. The normalized spacial score (nSPS) is 18.9. The summed E-state index contributed by atoms with van der Waals surface area (Å²) in [6.07, 6.45) is 0. The highest BCUT2D eigenvalue weighted by atomic mass is 32.1. The van der Waals surface area contributed by atoms with Crippen LogP contribution in [0.2, 0.25) is 0 Å². The molecule has 0 atom stereocenters. The standard InChI is InChI=1S/C21H29N3O4S/c1-26-18-11-16(12-19(27-2)21(18)28-3)13-22-20(25)15-24-8-6-23(7-9-24)14-17-5-4-10-29-17/h4-5,10-12H,6-9,13-15H2,1-3H3,(H,22,25)/p+2.